The molecule has 4 nitrogen and oxygen atoms in total. The monoisotopic (exact) mass is 389 g/mol. The van der Waals surface area contributed by atoms with E-state index in [2.05, 4.69) is 4.98 Å². The Hall–Kier alpha value is -2.18. The van der Waals surface area contributed by atoms with E-state index in [0.717, 1.165) is 12.0 Å². The topological polar surface area (TPSA) is 36.4 Å². The van der Waals surface area contributed by atoms with Crippen molar-refractivity contribution in [3.63, 3.8) is 0 Å². The van der Waals surface area contributed by atoms with Crippen molar-refractivity contribution in [2.45, 2.75) is 6.42 Å². The van der Waals surface area contributed by atoms with Crippen LogP contribution in [0.3, 0.4) is 0 Å². The van der Waals surface area contributed by atoms with Crippen molar-refractivity contribution in [3.8, 4) is 0 Å². The highest BCUT2D eigenvalue weighted by Gasteiger charge is 2.23. The molecule has 26 heavy (non-hydrogen) atoms. The van der Waals surface area contributed by atoms with Crippen molar-refractivity contribution in [1.29, 1.82) is 0 Å². The minimum atomic E-state index is -0.359. The minimum absolute atomic E-state index is 0.0422. The van der Waals surface area contributed by atoms with E-state index in [9.17, 15) is 4.79 Å². The van der Waals surface area contributed by atoms with Gasteiger partial charge in [-0.1, -0.05) is 11.6 Å². The van der Waals surface area contributed by atoms with E-state index in [1.54, 1.807) is 12.1 Å². The van der Waals surface area contributed by atoms with Crippen molar-refractivity contribution in [3.05, 3.63) is 57.6 Å². The number of carbonyl (C=O) groups excluding carboxylic acids is 1. The van der Waals surface area contributed by atoms with Crippen LogP contribution in [0.5, 0.6) is 0 Å². The number of hydrogen-bond donors (Lipinski definition) is 0. The maximum atomic E-state index is 15.0. The summed E-state index contributed by atoms with van der Waals surface area (Å²) in [6.07, 6.45) is 2.30. The summed E-state index contributed by atoms with van der Waals surface area (Å²) < 4.78 is 15.0. The van der Waals surface area contributed by atoms with Crippen LogP contribution in [0, 0.1) is 5.82 Å². The smallest absolute Gasteiger partial charge is 0.254 e. The molecular weight excluding hydrogens is 373 g/mol. The molecule has 1 amide bonds. The van der Waals surface area contributed by atoms with Crippen LogP contribution in [-0.2, 0) is 0 Å². The molecule has 0 unspecified atom stereocenters. The van der Waals surface area contributed by atoms with E-state index < -0.39 is 0 Å². The van der Waals surface area contributed by atoms with E-state index in [-0.39, 0.29) is 17.2 Å². The van der Waals surface area contributed by atoms with Gasteiger partial charge in [-0.05, 0) is 36.1 Å². The molecule has 0 N–H and O–H groups in total. The summed E-state index contributed by atoms with van der Waals surface area (Å²) in [5, 5.41) is 4.87. The summed E-state index contributed by atoms with van der Waals surface area (Å²) in [5.74, 6) is -0.317. The van der Waals surface area contributed by atoms with Crippen LogP contribution in [0.2, 0.25) is 5.02 Å². The lowest BCUT2D eigenvalue weighted by Crippen LogP contribution is -2.35. The fourth-order valence-corrected chi connectivity index (χ4v) is 4.15. The number of thiophene rings is 1. The first-order chi connectivity index (χ1) is 12.6. The van der Waals surface area contributed by atoms with Crippen LogP contribution in [0.15, 0.2) is 41.2 Å². The van der Waals surface area contributed by atoms with E-state index in [1.807, 2.05) is 32.7 Å². The van der Waals surface area contributed by atoms with Gasteiger partial charge in [0.1, 0.15) is 5.52 Å². The van der Waals surface area contributed by atoms with Gasteiger partial charge in [0.2, 0.25) is 0 Å². The molecule has 1 fully saturated rings. The Morgan fingerprint density at radius 1 is 1.15 bits per heavy atom. The summed E-state index contributed by atoms with van der Waals surface area (Å²) in [6.45, 7) is 2.51. The number of aromatic nitrogens is 1. The standard InChI is InChI=1S/C19H17ClFN3OS/c20-15-4-6-22-18-14(15)2-3-16(17(18)21)23-7-1-8-24(10-9-23)19(25)13-5-11-26-12-13/h2-6,11-12H,1,7-10H2. The average Bonchev–Trinajstić information content (AvgIpc) is 3.07. The maximum absolute atomic E-state index is 15.0. The minimum Gasteiger partial charge on any atom is -0.367 e. The summed E-state index contributed by atoms with van der Waals surface area (Å²) in [7, 11) is 0. The molecule has 1 aliphatic rings. The van der Waals surface area contributed by atoms with Crippen molar-refractivity contribution < 1.29 is 9.18 Å². The highest BCUT2D eigenvalue weighted by molar-refractivity contribution is 7.08. The lowest BCUT2D eigenvalue weighted by molar-refractivity contribution is 0.0767. The zero-order chi connectivity index (χ0) is 18.1. The fourth-order valence-electron chi connectivity index (χ4n) is 3.31. The zero-order valence-electron chi connectivity index (χ0n) is 14.0. The molecule has 1 saturated heterocycles. The fraction of sp³-hybridized carbons (Fsp3) is 0.263. The maximum Gasteiger partial charge on any atom is 0.254 e. The molecule has 3 aromatic rings. The van der Waals surface area contributed by atoms with Crippen LogP contribution >= 0.6 is 22.9 Å². The van der Waals surface area contributed by atoms with Gasteiger partial charge in [-0.3, -0.25) is 9.78 Å². The van der Waals surface area contributed by atoms with E-state index in [1.165, 1.54) is 17.5 Å². The van der Waals surface area contributed by atoms with Gasteiger partial charge < -0.3 is 9.80 Å². The van der Waals surface area contributed by atoms with Gasteiger partial charge in [0.15, 0.2) is 5.82 Å². The van der Waals surface area contributed by atoms with Gasteiger partial charge in [0.05, 0.1) is 16.3 Å². The molecule has 4 rings (SSSR count). The number of pyridine rings is 1. The number of benzene rings is 1. The normalized spacial score (nSPS) is 15.3. The number of amides is 1. The van der Waals surface area contributed by atoms with Gasteiger partial charge in [-0.2, -0.15) is 11.3 Å². The molecule has 134 valence electrons. The number of carbonyl (C=O) groups is 1. The Kier molecular flexibility index (Phi) is 4.78. The van der Waals surface area contributed by atoms with Gasteiger partial charge in [-0.15, -0.1) is 0 Å². The lowest BCUT2D eigenvalue weighted by Gasteiger charge is -2.24. The molecule has 0 bridgehead atoms. The van der Waals surface area contributed by atoms with Crippen LogP contribution in [0.1, 0.15) is 16.8 Å². The largest absolute Gasteiger partial charge is 0.367 e. The number of hydrogen-bond acceptors (Lipinski definition) is 4. The van der Waals surface area contributed by atoms with Crippen LogP contribution < -0.4 is 4.90 Å². The summed E-state index contributed by atoms with van der Waals surface area (Å²) in [4.78, 5) is 20.5. The number of anilines is 1. The second-order valence-electron chi connectivity index (χ2n) is 6.23. The highest BCUT2D eigenvalue weighted by Crippen LogP contribution is 2.30. The Balaban J connectivity index is 1.57. The number of halogens is 2. The molecule has 0 atom stereocenters. The van der Waals surface area contributed by atoms with E-state index >= 15 is 4.39 Å². The first kappa shape index (κ1) is 17.2. The average molecular weight is 390 g/mol. The molecule has 3 heterocycles. The van der Waals surface area contributed by atoms with Gasteiger partial charge in [0, 0.05) is 43.1 Å². The predicted octanol–water partition coefficient (Wildman–Crippen LogP) is 4.44. The van der Waals surface area contributed by atoms with Crippen LogP contribution in [0.4, 0.5) is 10.1 Å². The van der Waals surface area contributed by atoms with Crippen LogP contribution in [0.25, 0.3) is 10.9 Å². The third-order valence-corrected chi connectivity index (χ3v) is 5.68. The third-order valence-electron chi connectivity index (χ3n) is 4.67. The summed E-state index contributed by atoms with van der Waals surface area (Å²) in [5.41, 5.74) is 1.52. The summed E-state index contributed by atoms with van der Waals surface area (Å²) in [6, 6.07) is 7.06. The SMILES string of the molecule is O=C(c1ccsc1)N1CCCN(c2ccc3c(Cl)ccnc3c2F)CC1. The molecule has 0 radical (unpaired) electrons. The quantitative estimate of drug-likeness (QED) is 0.650. The van der Waals surface area contributed by atoms with Crippen molar-refractivity contribution in [2.24, 2.45) is 0 Å². The second kappa shape index (κ2) is 7.21. The highest BCUT2D eigenvalue weighted by atomic mass is 35.5. The van der Waals surface area contributed by atoms with Crippen LogP contribution in [-0.4, -0.2) is 42.0 Å². The second-order valence-corrected chi connectivity index (χ2v) is 7.42. The van der Waals surface area contributed by atoms with Gasteiger partial charge in [0.25, 0.3) is 5.91 Å². The van der Waals surface area contributed by atoms with Crippen molar-refractivity contribution in [2.75, 3.05) is 31.1 Å². The van der Waals surface area contributed by atoms with Crippen molar-refractivity contribution in [1.82, 2.24) is 9.88 Å². The zero-order valence-corrected chi connectivity index (χ0v) is 15.6. The van der Waals surface area contributed by atoms with Crippen molar-refractivity contribution >= 4 is 45.4 Å². The molecule has 2 aromatic heterocycles. The number of fused-ring (bicyclic) bond motifs is 1. The van der Waals surface area contributed by atoms with Gasteiger partial charge >= 0.3 is 0 Å². The summed E-state index contributed by atoms with van der Waals surface area (Å²) >= 11 is 7.65. The third kappa shape index (κ3) is 3.15. The Bertz CT molecular complexity index is 947. The van der Waals surface area contributed by atoms with Gasteiger partial charge in [-0.25, -0.2) is 4.39 Å². The molecule has 1 aromatic carbocycles. The Morgan fingerprint density at radius 3 is 2.85 bits per heavy atom. The first-order valence-corrected chi connectivity index (χ1v) is 9.76. The molecule has 0 aliphatic carbocycles. The van der Waals surface area contributed by atoms with E-state index in [4.69, 9.17) is 11.6 Å². The van der Waals surface area contributed by atoms with E-state index in [0.29, 0.717) is 42.3 Å². The molecular formula is C19H17ClFN3OS. The molecule has 7 heteroatoms. The first-order valence-electron chi connectivity index (χ1n) is 8.44. The predicted molar refractivity (Wildman–Crippen MR) is 104 cm³/mol. The number of nitrogens with zero attached hydrogens (tertiary/aromatic N) is 3. The lowest BCUT2D eigenvalue weighted by atomic mass is 10.1. The molecule has 0 spiro atoms. The molecule has 1 aliphatic heterocycles. The molecule has 0 saturated carbocycles. The number of rotatable bonds is 2. The Morgan fingerprint density at radius 2 is 2.04 bits per heavy atom. The Labute approximate surface area is 159 Å².